The fourth-order valence-electron chi connectivity index (χ4n) is 2.92. The van der Waals surface area contributed by atoms with E-state index in [0.29, 0.717) is 11.3 Å². The first kappa shape index (κ1) is 12.9. The molecular weight excluding hydrogens is 212 g/mol. The highest BCUT2D eigenvalue weighted by atomic mass is 16.1. The molecule has 1 aliphatic heterocycles. The third-order valence-electron chi connectivity index (χ3n) is 4.68. The molecule has 1 atom stereocenters. The molecule has 2 aliphatic rings. The van der Waals surface area contributed by atoms with E-state index in [4.69, 9.17) is 0 Å². The van der Waals surface area contributed by atoms with Crippen LogP contribution in [0.5, 0.6) is 0 Å². The van der Waals surface area contributed by atoms with Gasteiger partial charge in [0.15, 0.2) is 0 Å². The molecule has 98 valence electrons. The smallest absolute Gasteiger partial charge is 0.223 e. The molecule has 2 rings (SSSR count). The Morgan fingerprint density at radius 3 is 2.53 bits per heavy atom. The normalized spacial score (nSPS) is 26.0. The van der Waals surface area contributed by atoms with Gasteiger partial charge in [-0.3, -0.25) is 4.79 Å². The highest BCUT2D eigenvalue weighted by Crippen LogP contribution is 2.35. The molecule has 3 nitrogen and oxygen atoms in total. The molecule has 2 fully saturated rings. The molecule has 1 amide bonds. The van der Waals surface area contributed by atoms with Crippen molar-refractivity contribution in [1.82, 2.24) is 10.6 Å². The van der Waals surface area contributed by atoms with E-state index in [-0.39, 0.29) is 11.8 Å². The van der Waals surface area contributed by atoms with Gasteiger partial charge in [-0.15, -0.1) is 0 Å². The number of amides is 1. The van der Waals surface area contributed by atoms with Crippen molar-refractivity contribution in [3.05, 3.63) is 0 Å². The summed E-state index contributed by atoms with van der Waals surface area (Å²) in [5.74, 6) is 0.973. The zero-order valence-electron chi connectivity index (χ0n) is 11.2. The molecule has 17 heavy (non-hydrogen) atoms. The molecule has 1 saturated heterocycles. The van der Waals surface area contributed by atoms with Crippen molar-refractivity contribution in [2.75, 3.05) is 19.6 Å². The van der Waals surface area contributed by atoms with Crippen molar-refractivity contribution in [3.8, 4) is 0 Å². The molecule has 0 aromatic carbocycles. The molecule has 0 spiro atoms. The van der Waals surface area contributed by atoms with E-state index in [0.717, 1.165) is 19.6 Å². The molecule has 0 radical (unpaired) electrons. The molecule has 1 saturated carbocycles. The maximum atomic E-state index is 12.0. The van der Waals surface area contributed by atoms with Gasteiger partial charge in [0.05, 0.1) is 0 Å². The Morgan fingerprint density at radius 2 is 2.00 bits per heavy atom. The first-order chi connectivity index (χ1) is 8.11. The zero-order chi connectivity index (χ0) is 12.3. The lowest BCUT2D eigenvalue weighted by atomic mass is 9.75. The van der Waals surface area contributed by atoms with Crippen LogP contribution in [0.4, 0.5) is 0 Å². The molecular formula is C14H26N2O. The molecule has 3 heteroatoms. The Morgan fingerprint density at radius 1 is 1.35 bits per heavy atom. The number of carbonyl (C=O) groups is 1. The van der Waals surface area contributed by atoms with Gasteiger partial charge in [-0.1, -0.05) is 33.1 Å². The summed E-state index contributed by atoms with van der Waals surface area (Å²) in [5, 5.41) is 6.40. The summed E-state index contributed by atoms with van der Waals surface area (Å²) in [6, 6.07) is 0. The van der Waals surface area contributed by atoms with Crippen molar-refractivity contribution >= 4 is 5.91 Å². The second-order valence-electron chi connectivity index (χ2n) is 6.30. The van der Waals surface area contributed by atoms with Gasteiger partial charge in [-0.25, -0.2) is 0 Å². The number of hydrogen-bond acceptors (Lipinski definition) is 2. The van der Waals surface area contributed by atoms with E-state index >= 15 is 0 Å². The van der Waals surface area contributed by atoms with Gasteiger partial charge >= 0.3 is 0 Å². The summed E-state index contributed by atoms with van der Waals surface area (Å²) < 4.78 is 0. The van der Waals surface area contributed by atoms with E-state index in [1.165, 1.54) is 32.1 Å². The van der Waals surface area contributed by atoms with Crippen LogP contribution in [-0.4, -0.2) is 25.5 Å². The lowest BCUT2D eigenvalue weighted by Gasteiger charge is -2.35. The van der Waals surface area contributed by atoms with Crippen LogP contribution in [0.1, 0.15) is 46.0 Å². The maximum Gasteiger partial charge on any atom is 0.223 e. The van der Waals surface area contributed by atoms with E-state index in [2.05, 4.69) is 24.5 Å². The molecule has 0 aromatic rings. The van der Waals surface area contributed by atoms with E-state index in [9.17, 15) is 4.79 Å². The summed E-state index contributed by atoms with van der Waals surface area (Å²) in [7, 11) is 0. The van der Waals surface area contributed by atoms with Gasteiger partial charge < -0.3 is 10.6 Å². The minimum atomic E-state index is 0.170. The van der Waals surface area contributed by atoms with Crippen LogP contribution < -0.4 is 10.6 Å². The zero-order valence-corrected chi connectivity index (χ0v) is 11.2. The standard InChI is InChI=1S/C14H26N2O/c1-11(12-8-15-9-12)13(17)16-10-14(2)6-4-3-5-7-14/h11-12,15H,3-10H2,1-2H3,(H,16,17). The molecule has 1 unspecified atom stereocenters. The average molecular weight is 238 g/mol. The van der Waals surface area contributed by atoms with Crippen LogP contribution in [0.15, 0.2) is 0 Å². The summed E-state index contributed by atoms with van der Waals surface area (Å²) in [6.07, 6.45) is 6.57. The van der Waals surface area contributed by atoms with E-state index < -0.39 is 0 Å². The molecule has 0 aromatic heterocycles. The average Bonchev–Trinajstić information content (AvgIpc) is 2.24. The number of rotatable bonds is 4. The van der Waals surface area contributed by atoms with Crippen LogP contribution in [0.2, 0.25) is 0 Å². The lowest BCUT2D eigenvalue weighted by molar-refractivity contribution is -0.127. The largest absolute Gasteiger partial charge is 0.355 e. The Balaban J connectivity index is 1.74. The predicted octanol–water partition coefficient (Wildman–Crippen LogP) is 1.93. The number of hydrogen-bond donors (Lipinski definition) is 2. The summed E-state index contributed by atoms with van der Waals surface area (Å²) >= 11 is 0. The van der Waals surface area contributed by atoms with Crippen LogP contribution in [-0.2, 0) is 4.79 Å². The Labute approximate surface area is 105 Å². The summed E-state index contributed by atoms with van der Waals surface area (Å²) in [5.41, 5.74) is 0.353. The van der Waals surface area contributed by atoms with Gasteiger partial charge in [-0.05, 0) is 37.3 Å². The van der Waals surface area contributed by atoms with Gasteiger partial charge in [0.25, 0.3) is 0 Å². The summed E-state index contributed by atoms with van der Waals surface area (Å²) in [6.45, 7) is 7.26. The second kappa shape index (κ2) is 5.38. The Bertz CT molecular complexity index is 267. The molecule has 1 aliphatic carbocycles. The van der Waals surface area contributed by atoms with Crippen LogP contribution in [0.3, 0.4) is 0 Å². The number of carbonyl (C=O) groups excluding carboxylic acids is 1. The third-order valence-corrected chi connectivity index (χ3v) is 4.68. The predicted molar refractivity (Wildman–Crippen MR) is 69.7 cm³/mol. The van der Waals surface area contributed by atoms with Gasteiger partial charge in [-0.2, -0.15) is 0 Å². The van der Waals surface area contributed by atoms with Crippen LogP contribution in [0.25, 0.3) is 0 Å². The van der Waals surface area contributed by atoms with Crippen LogP contribution >= 0.6 is 0 Å². The lowest BCUT2D eigenvalue weighted by Crippen LogP contribution is -2.50. The third kappa shape index (κ3) is 3.21. The monoisotopic (exact) mass is 238 g/mol. The molecule has 0 bridgehead atoms. The van der Waals surface area contributed by atoms with Crippen molar-refractivity contribution < 1.29 is 4.79 Å². The van der Waals surface area contributed by atoms with E-state index in [1.54, 1.807) is 0 Å². The van der Waals surface area contributed by atoms with Gasteiger partial charge in [0.2, 0.25) is 5.91 Å². The number of nitrogens with one attached hydrogen (secondary N) is 2. The quantitative estimate of drug-likeness (QED) is 0.786. The Kier molecular flexibility index (Phi) is 4.08. The van der Waals surface area contributed by atoms with Crippen molar-refractivity contribution in [2.24, 2.45) is 17.3 Å². The minimum absolute atomic E-state index is 0.170. The maximum absolute atomic E-state index is 12.0. The van der Waals surface area contributed by atoms with Crippen molar-refractivity contribution in [3.63, 3.8) is 0 Å². The Hall–Kier alpha value is -0.570. The fraction of sp³-hybridized carbons (Fsp3) is 0.929. The van der Waals surface area contributed by atoms with Crippen molar-refractivity contribution in [2.45, 2.75) is 46.0 Å². The van der Waals surface area contributed by atoms with E-state index in [1.807, 2.05) is 0 Å². The highest BCUT2D eigenvalue weighted by molar-refractivity contribution is 5.78. The second-order valence-corrected chi connectivity index (χ2v) is 6.30. The summed E-state index contributed by atoms with van der Waals surface area (Å²) in [4.78, 5) is 12.0. The minimum Gasteiger partial charge on any atom is -0.355 e. The SMILES string of the molecule is CC(C(=O)NCC1(C)CCCCC1)C1CNC1. The van der Waals surface area contributed by atoms with Crippen LogP contribution in [0, 0.1) is 17.3 Å². The highest BCUT2D eigenvalue weighted by Gasteiger charge is 2.31. The topological polar surface area (TPSA) is 41.1 Å². The molecule has 2 N–H and O–H groups in total. The van der Waals surface area contributed by atoms with Gasteiger partial charge in [0, 0.05) is 12.5 Å². The fourth-order valence-corrected chi connectivity index (χ4v) is 2.92. The van der Waals surface area contributed by atoms with Gasteiger partial charge in [0.1, 0.15) is 0 Å². The molecule has 1 heterocycles. The first-order valence-electron chi connectivity index (χ1n) is 7.09. The first-order valence-corrected chi connectivity index (χ1v) is 7.09. The van der Waals surface area contributed by atoms with Crippen molar-refractivity contribution in [1.29, 1.82) is 0 Å².